The smallest absolute Gasteiger partial charge is 0.196 e. The molecule has 0 aromatic rings. The molecule has 0 spiro atoms. The summed E-state index contributed by atoms with van der Waals surface area (Å²) in [4.78, 5) is 0. The van der Waals surface area contributed by atoms with Gasteiger partial charge in [-0.1, -0.05) is 0 Å². The maximum absolute atomic E-state index is 8.77. The van der Waals surface area contributed by atoms with Crippen LogP contribution in [0.4, 0.5) is 0 Å². The molecule has 0 bridgehead atoms. The van der Waals surface area contributed by atoms with E-state index in [1.807, 2.05) is 6.07 Å². The lowest BCUT2D eigenvalue weighted by Crippen LogP contribution is -2.46. The van der Waals surface area contributed by atoms with Gasteiger partial charge in [0.2, 0.25) is 0 Å². The molecule has 5 heteroatoms. The first-order valence-corrected chi connectivity index (χ1v) is 4.60. The molecule has 0 aromatic carbocycles. The van der Waals surface area contributed by atoms with Gasteiger partial charge in [-0.05, 0) is 0 Å². The van der Waals surface area contributed by atoms with Gasteiger partial charge in [0.15, 0.2) is 11.9 Å². The van der Waals surface area contributed by atoms with Crippen LogP contribution in [0.25, 0.3) is 0 Å². The van der Waals surface area contributed by atoms with E-state index in [2.05, 4.69) is 0 Å². The molecule has 0 aromatic heterocycles. The fraction of sp³-hybridized carbons (Fsp3) is 0.700. The molecule has 0 saturated carbocycles. The van der Waals surface area contributed by atoms with Crippen LogP contribution in [-0.4, -0.2) is 46.2 Å². The fourth-order valence-electron chi connectivity index (χ4n) is 1.57. The topological polar surface area (TPSA) is 60.7 Å². The summed E-state index contributed by atoms with van der Waals surface area (Å²) >= 11 is 0. The average molecular weight is 213 g/mol. The summed E-state index contributed by atoms with van der Waals surface area (Å²) < 4.78 is 20.9. The minimum atomic E-state index is -0.315. The third kappa shape index (κ3) is 2.69. The van der Waals surface area contributed by atoms with Gasteiger partial charge in [0.1, 0.15) is 18.3 Å². The first-order valence-electron chi connectivity index (χ1n) is 4.60. The summed E-state index contributed by atoms with van der Waals surface area (Å²) in [6, 6.07) is 1.95. The molecule has 0 amide bonds. The maximum atomic E-state index is 8.77. The fourth-order valence-corrected chi connectivity index (χ4v) is 1.57. The van der Waals surface area contributed by atoms with Crippen molar-refractivity contribution in [3.63, 3.8) is 0 Å². The van der Waals surface area contributed by atoms with Gasteiger partial charge in [-0.25, -0.2) is 0 Å². The third-order valence-corrected chi connectivity index (χ3v) is 2.27. The second kappa shape index (κ2) is 5.71. The lowest BCUT2D eigenvalue weighted by molar-refractivity contribution is -0.118. The Labute approximate surface area is 89.2 Å². The van der Waals surface area contributed by atoms with E-state index in [-0.39, 0.29) is 24.1 Å². The number of nitriles is 1. The zero-order valence-corrected chi connectivity index (χ0v) is 9.10. The molecule has 5 nitrogen and oxygen atoms in total. The van der Waals surface area contributed by atoms with Crippen LogP contribution in [0.3, 0.4) is 0 Å². The van der Waals surface area contributed by atoms with Crippen molar-refractivity contribution in [1.82, 2.24) is 0 Å². The molecule has 1 aliphatic rings. The van der Waals surface area contributed by atoms with E-state index in [0.717, 1.165) is 0 Å². The highest BCUT2D eigenvalue weighted by Gasteiger charge is 2.35. The Morgan fingerprint density at radius 2 is 2.13 bits per heavy atom. The number of ether oxygens (including phenoxy) is 4. The molecule has 0 N–H and O–H groups in total. The van der Waals surface area contributed by atoms with Crippen LogP contribution < -0.4 is 0 Å². The van der Waals surface area contributed by atoms with E-state index in [0.29, 0.717) is 6.61 Å². The van der Waals surface area contributed by atoms with E-state index < -0.39 is 0 Å². The van der Waals surface area contributed by atoms with E-state index in [9.17, 15) is 0 Å². The standard InChI is InChI=1S/C10H15NO4/c1-12-6-9-10(14-3)8(13-2)4-7(5-11)15-9/h4,8-10H,6H2,1-3H3/t8-,9-,10+/m1/s1. The van der Waals surface area contributed by atoms with Crippen LogP contribution in [-0.2, 0) is 18.9 Å². The third-order valence-electron chi connectivity index (χ3n) is 2.27. The normalized spacial score (nSPS) is 30.3. The second-order valence-corrected chi connectivity index (χ2v) is 3.16. The highest BCUT2D eigenvalue weighted by atomic mass is 16.6. The molecular weight excluding hydrogens is 198 g/mol. The Balaban J connectivity index is 2.82. The average Bonchev–Trinajstić information content (AvgIpc) is 2.28. The Bertz CT molecular complexity index is 271. The molecule has 1 rings (SSSR count). The SMILES string of the molecule is COC[C@H]1OC(C#N)=C[C@@H](OC)[C@@H]1OC. The van der Waals surface area contributed by atoms with Crippen molar-refractivity contribution >= 4 is 0 Å². The summed E-state index contributed by atoms with van der Waals surface area (Å²) in [5.74, 6) is 0.247. The summed E-state index contributed by atoms with van der Waals surface area (Å²) in [5.41, 5.74) is 0. The molecule has 0 saturated heterocycles. The van der Waals surface area contributed by atoms with Gasteiger partial charge < -0.3 is 18.9 Å². The van der Waals surface area contributed by atoms with Crippen molar-refractivity contribution in [2.45, 2.75) is 18.3 Å². The van der Waals surface area contributed by atoms with Crippen molar-refractivity contribution in [2.24, 2.45) is 0 Å². The molecule has 0 fully saturated rings. The number of rotatable bonds is 4. The predicted molar refractivity (Wildman–Crippen MR) is 52.0 cm³/mol. The highest BCUT2D eigenvalue weighted by Crippen LogP contribution is 2.22. The van der Waals surface area contributed by atoms with Crippen molar-refractivity contribution < 1.29 is 18.9 Å². The van der Waals surface area contributed by atoms with E-state index in [1.54, 1.807) is 27.4 Å². The summed E-state index contributed by atoms with van der Waals surface area (Å²) in [5, 5.41) is 8.77. The number of hydrogen-bond donors (Lipinski definition) is 0. The van der Waals surface area contributed by atoms with Crippen molar-refractivity contribution in [3.8, 4) is 6.07 Å². The van der Waals surface area contributed by atoms with Gasteiger partial charge in [-0.3, -0.25) is 0 Å². The van der Waals surface area contributed by atoms with Crippen LogP contribution >= 0.6 is 0 Å². The Morgan fingerprint density at radius 1 is 1.40 bits per heavy atom. The van der Waals surface area contributed by atoms with E-state index in [1.165, 1.54) is 0 Å². The lowest BCUT2D eigenvalue weighted by Gasteiger charge is -2.33. The largest absolute Gasteiger partial charge is 0.475 e. The molecule has 15 heavy (non-hydrogen) atoms. The van der Waals surface area contributed by atoms with E-state index >= 15 is 0 Å². The monoisotopic (exact) mass is 213 g/mol. The maximum Gasteiger partial charge on any atom is 0.196 e. The highest BCUT2D eigenvalue weighted by molar-refractivity contribution is 5.20. The summed E-state index contributed by atoms with van der Waals surface area (Å²) in [7, 11) is 4.72. The number of methoxy groups -OCH3 is 3. The summed E-state index contributed by atoms with van der Waals surface area (Å²) in [6.45, 7) is 0.359. The molecule has 1 heterocycles. The number of hydrogen-bond acceptors (Lipinski definition) is 5. The molecule has 3 atom stereocenters. The van der Waals surface area contributed by atoms with Crippen LogP contribution in [0.5, 0.6) is 0 Å². The quantitative estimate of drug-likeness (QED) is 0.679. The first-order chi connectivity index (χ1) is 7.26. The number of nitrogens with zero attached hydrogens (tertiary/aromatic N) is 1. The van der Waals surface area contributed by atoms with Crippen molar-refractivity contribution in [2.75, 3.05) is 27.9 Å². The zero-order valence-electron chi connectivity index (χ0n) is 9.10. The minimum Gasteiger partial charge on any atom is -0.475 e. The van der Waals surface area contributed by atoms with Gasteiger partial charge >= 0.3 is 0 Å². The Kier molecular flexibility index (Phi) is 4.56. The Hall–Kier alpha value is -1.09. The molecule has 1 aliphatic heterocycles. The second-order valence-electron chi connectivity index (χ2n) is 3.16. The first kappa shape index (κ1) is 12.0. The summed E-state index contributed by atoms with van der Waals surface area (Å²) in [6.07, 6.45) is 0.760. The van der Waals surface area contributed by atoms with Crippen molar-refractivity contribution in [3.05, 3.63) is 11.8 Å². The van der Waals surface area contributed by atoms with Crippen LogP contribution in [0.1, 0.15) is 0 Å². The molecule has 84 valence electrons. The van der Waals surface area contributed by atoms with Gasteiger partial charge in [0, 0.05) is 27.4 Å². The molecule has 0 unspecified atom stereocenters. The van der Waals surface area contributed by atoms with E-state index in [4.69, 9.17) is 24.2 Å². The molecular formula is C10H15NO4. The number of allylic oxidation sites excluding steroid dienone is 1. The predicted octanol–water partition coefficient (Wildman–Crippen LogP) is 0.469. The Morgan fingerprint density at radius 3 is 2.60 bits per heavy atom. The molecule has 0 radical (unpaired) electrons. The van der Waals surface area contributed by atoms with Gasteiger partial charge in [-0.2, -0.15) is 5.26 Å². The lowest BCUT2D eigenvalue weighted by atomic mass is 10.0. The zero-order chi connectivity index (χ0) is 11.3. The van der Waals surface area contributed by atoms with Gasteiger partial charge in [-0.15, -0.1) is 0 Å². The van der Waals surface area contributed by atoms with Crippen LogP contribution in [0, 0.1) is 11.3 Å². The minimum absolute atomic E-state index is 0.247. The van der Waals surface area contributed by atoms with Crippen LogP contribution in [0.15, 0.2) is 11.8 Å². The van der Waals surface area contributed by atoms with Crippen molar-refractivity contribution in [1.29, 1.82) is 5.26 Å². The van der Waals surface area contributed by atoms with Gasteiger partial charge in [0.05, 0.1) is 6.61 Å². The van der Waals surface area contributed by atoms with Crippen LogP contribution in [0.2, 0.25) is 0 Å². The van der Waals surface area contributed by atoms with Gasteiger partial charge in [0.25, 0.3) is 0 Å². The molecule has 0 aliphatic carbocycles.